The van der Waals surface area contributed by atoms with E-state index in [9.17, 15) is 13.6 Å². The van der Waals surface area contributed by atoms with Gasteiger partial charge in [0.2, 0.25) is 11.8 Å². The van der Waals surface area contributed by atoms with Gasteiger partial charge in [-0.3, -0.25) is 4.79 Å². The molecule has 1 rings (SSSR count). The van der Waals surface area contributed by atoms with E-state index < -0.39 is 5.92 Å². The third kappa shape index (κ3) is 2.65. The number of rotatable bonds is 2. The molecule has 1 amide bonds. The zero-order valence-electron chi connectivity index (χ0n) is 6.16. The quantitative estimate of drug-likeness (QED) is 0.645. The fourth-order valence-electron chi connectivity index (χ4n) is 1.00. The molecule has 0 aromatic rings. The van der Waals surface area contributed by atoms with Crippen LogP contribution in [0.5, 0.6) is 0 Å². The molecule has 1 N–H and O–H groups in total. The van der Waals surface area contributed by atoms with Crippen LogP contribution >= 0.6 is 0 Å². The summed E-state index contributed by atoms with van der Waals surface area (Å²) >= 11 is 0. The Kier molecular flexibility index (Phi) is 1.93. The number of amides is 1. The summed E-state index contributed by atoms with van der Waals surface area (Å²) in [6, 6.07) is 0. The molecule has 0 unspecified atom stereocenters. The second-order valence-corrected chi connectivity index (χ2v) is 2.77. The molecular weight excluding hydrogens is 152 g/mol. The second kappa shape index (κ2) is 2.60. The molecule has 11 heavy (non-hydrogen) atoms. The second-order valence-electron chi connectivity index (χ2n) is 2.77. The molecule has 0 aromatic heterocycles. The highest BCUT2D eigenvalue weighted by atomic mass is 19.3. The lowest BCUT2D eigenvalue weighted by molar-refractivity contribution is -0.115. The summed E-state index contributed by atoms with van der Waals surface area (Å²) in [4.78, 5) is 10.5. The van der Waals surface area contributed by atoms with Crippen LogP contribution in [0.2, 0.25) is 0 Å². The van der Waals surface area contributed by atoms with Crippen molar-refractivity contribution in [2.24, 2.45) is 0 Å². The molecule has 0 saturated carbocycles. The van der Waals surface area contributed by atoms with E-state index in [0.717, 1.165) is 6.92 Å². The molecule has 0 aromatic carbocycles. The van der Waals surface area contributed by atoms with Crippen molar-refractivity contribution < 1.29 is 13.6 Å². The van der Waals surface area contributed by atoms with Gasteiger partial charge in [-0.1, -0.05) is 0 Å². The largest absolute Gasteiger partial charge is 0.349 e. The van der Waals surface area contributed by atoms with Crippen LogP contribution in [0.15, 0.2) is 11.6 Å². The van der Waals surface area contributed by atoms with Crippen LogP contribution in [0.1, 0.15) is 13.3 Å². The summed E-state index contributed by atoms with van der Waals surface area (Å²) in [6.07, 6.45) is 0.906. The minimum atomic E-state index is -2.71. The Labute approximate surface area is 63.3 Å². The van der Waals surface area contributed by atoms with Gasteiger partial charge in [-0.2, -0.15) is 0 Å². The molecule has 0 fully saturated rings. The maximum Gasteiger partial charge on any atom is 0.249 e. The first kappa shape index (κ1) is 8.17. The molecule has 0 radical (unpaired) electrons. The summed E-state index contributed by atoms with van der Waals surface area (Å²) in [5.74, 6) is -2.98. The summed E-state index contributed by atoms with van der Waals surface area (Å²) in [7, 11) is 0. The molecule has 0 aliphatic carbocycles. The predicted molar refractivity (Wildman–Crippen MR) is 36.3 cm³/mol. The van der Waals surface area contributed by atoms with E-state index in [1.165, 1.54) is 6.08 Å². The number of hydrogen-bond acceptors (Lipinski definition) is 1. The van der Waals surface area contributed by atoms with Crippen molar-refractivity contribution in [1.82, 2.24) is 5.32 Å². The van der Waals surface area contributed by atoms with E-state index in [2.05, 4.69) is 5.32 Å². The lowest BCUT2D eigenvalue weighted by Gasteiger charge is -2.09. The molecule has 62 valence electrons. The van der Waals surface area contributed by atoms with Gasteiger partial charge >= 0.3 is 0 Å². The summed E-state index contributed by atoms with van der Waals surface area (Å²) in [5.41, 5.74) is 0.475. The zero-order chi connectivity index (χ0) is 8.48. The first-order valence-corrected chi connectivity index (χ1v) is 3.32. The van der Waals surface area contributed by atoms with Gasteiger partial charge in [0.15, 0.2) is 0 Å². The molecule has 1 aliphatic rings. The summed E-state index contributed by atoms with van der Waals surface area (Å²) in [5, 5.41) is 2.43. The maximum atomic E-state index is 12.3. The normalized spacial score (nSPS) is 18.1. The van der Waals surface area contributed by atoms with Crippen molar-refractivity contribution in [3.05, 3.63) is 11.6 Å². The molecule has 1 heterocycles. The average Bonchev–Trinajstić information content (AvgIpc) is 2.10. The lowest BCUT2D eigenvalue weighted by Crippen LogP contribution is -2.17. The zero-order valence-corrected chi connectivity index (χ0v) is 6.16. The summed E-state index contributed by atoms with van der Waals surface area (Å²) in [6.45, 7) is 1.11. The van der Waals surface area contributed by atoms with Gasteiger partial charge in [0.1, 0.15) is 0 Å². The standard InChI is InChI=1S/C7H9F2NO/c1-7(8,9)3-5-2-6(11)10-4-5/h2H,3-4H2,1H3,(H,10,11). The van der Waals surface area contributed by atoms with E-state index in [-0.39, 0.29) is 18.9 Å². The number of halogens is 2. The molecule has 0 bridgehead atoms. The van der Waals surface area contributed by atoms with Gasteiger partial charge in [0.25, 0.3) is 0 Å². The van der Waals surface area contributed by atoms with E-state index >= 15 is 0 Å². The highest BCUT2D eigenvalue weighted by Gasteiger charge is 2.25. The fourth-order valence-corrected chi connectivity index (χ4v) is 1.00. The van der Waals surface area contributed by atoms with E-state index in [0.29, 0.717) is 5.57 Å². The number of alkyl halides is 2. The topological polar surface area (TPSA) is 29.1 Å². The van der Waals surface area contributed by atoms with Crippen LogP contribution in [0.25, 0.3) is 0 Å². The van der Waals surface area contributed by atoms with Crippen LogP contribution in [-0.4, -0.2) is 18.4 Å². The number of carbonyl (C=O) groups excluding carboxylic acids is 1. The van der Waals surface area contributed by atoms with Gasteiger partial charge in [0, 0.05) is 19.0 Å². The smallest absolute Gasteiger partial charge is 0.249 e. The fraction of sp³-hybridized carbons (Fsp3) is 0.571. The lowest BCUT2D eigenvalue weighted by atomic mass is 10.1. The van der Waals surface area contributed by atoms with Crippen molar-refractivity contribution in [1.29, 1.82) is 0 Å². The minimum absolute atomic E-state index is 0.266. The molecule has 0 atom stereocenters. The Balaban J connectivity index is 2.51. The van der Waals surface area contributed by atoms with Crippen LogP contribution < -0.4 is 5.32 Å². The maximum absolute atomic E-state index is 12.3. The van der Waals surface area contributed by atoms with Gasteiger partial charge in [-0.25, -0.2) is 8.78 Å². The molecule has 2 nitrogen and oxygen atoms in total. The van der Waals surface area contributed by atoms with Crippen LogP contribution in [0.4, 0.5) is 8.78 Å². The van der Waals surface area contributed by atoms with E-state index in [1.54, 1.807) is 0 Å². The molecule has 0 spiro atoms. The molecule has 1 aliphatic heterocycles. The molecule has 4 heteroatoms. The van der Waals surface area contributed by atoms with Crippen LogP contribution in [-0.2, 0) is 4.79 Å². The third-order valence-corrected chi connectivity index (χ3v) is 1.36. The molecule has 0 saturated heterocycles. The number of hydrogen-bond donors (Lipinski definition) is 1. The Morgan fingerprint density at radius 2 is 2.36 bits per heavy atom. The van der Waals surface area contributed by atoms with Crippen molar-refractivity contribution in [2.45, 2.75) is 19.3 Å². The van der Waals surface area contributed by atoms with Gasteiger partial charge in [-0.05, 0) is 12.5 Å². The van der Waals surface area contributed by atoms with Crippen LogP contribution in [0, 0.1) is 0 Å². The Morgan fingerprint density at radius 3 is 2.73 bits per heavy atom. The van der Waals surface area contributed by atoms with Crippen molar-refractivity contribution in [3.63, 3.8) is 0 Å². The molecular formula is C7H9F2NO. The number of nitrogens with one attached hydrogen (secondary N) is 1. The Morgan fingerprint density at radius 1 is 1.73 bits per heavy atom. The highest BCUT2D eigenvalue weighted by molar-refractivity contribution is 5.91. The number of carbonyl (C=O) groups is 1. The van der Waals surface area contributed by atoms with Crippen molar-refractivity contribution >= 4 is 5.91 Å². The van der Waals surface area contributed by atoms with E-state index in [4.69, 9.17) is 0 Å². The van der Waals surface area contributed by atoms with Gasteiger partial charge < -0.3 is 5.32 Å². The van der Waals surface area contributed by atoms with Crippen molar-refractivity contribution in [2.75, 3.05) is 6.54 Å². The van der Waals surface area contributed by atoms with Gasteiger partial charge in [-0.15, -0.1) is 0 Å². The monoisotopic (exact) mass is 161 g/mol. The third-order valence-electron chi connectivity index (χ3n) is 1.36. The van der Waals surface area contributed by atoms with E-state index in [1.807, 2.05) is 0 Å². The highest BCUT2D eigenvalue weighted by Crippen LogP contribution is 2.22. The first-order valence-electron chi connectivity index (χ1n) is 3.32. The Hall–Kier alpha value is -0.930. The van der Waals surface area contributed by atoms with Crippen LogP contribution in [0.3, 0.4) is 0 Å². The average molecular weight is 161 g/mol. The SMILES string of the molecule is CC(F)(F)CC1=CC(=O)NC1. The predicted octanol–water partition coefficient (Wildman–Crippen LogP) is 1.09. The first-order chi connectivity index (χ1) is 4.97. The summed E-state index contributed by atoms with van der Waals surface area (Å²) < 4.78 is 24.6. The van der Waals surface area contributed by atoms with Crippen molar-refractivity contribution in [3.8, 4) is 0 Å². The van der Waals surface area contributed by atoms with Gasteiger partial charge in [0.05, 0.1) is 0 Å². The Bertz CT molecular complexity index is 205. The minimum Gasteiger partial charge on any atom is -0.349 e.